The Morgan fingerprint density at radius 2 is 1.82 bits per heavy atom. The zero-order valence-corrected chi connectivity index (χ0v) is 21.1. The Morgan fingerprint density at radius 3 is 2.41 bits per heavy atom. The van der Waals surface area contributed by atoms with Crippen LogP contribution < -0.4 is 10.6 Å². The van der Waals surface area contributed by atoms with Crippen LogP contribution in [0.2, 0.25) is 0 Å². The topological polar surface area (TPSA) is 49.3 Å². The molecular formula is C30H38N4. The van der Waals surface area contributed by atoms with E-state index in [0.717, 1.165) is 58.3 Å². The van der Waals surface area contributed by atoms with Crippen LogP contribution in [0.3, 0.4) is 0 Å². The molecule has 1 aromatic heterocycles. The number of nitrogens with one attached hydrogen (secondary N) is 2. The highest BCUT2D eigenvalue weighted by molar-refractivity contribution is 5.93. The van der Waals surface area contributed by atoms with E-state index < -0.39 is 0 Å². The molecule has 4 nitrogen and oxygen atoms in total. The van der Waals surface area contributed by atoms with Crippen molar-refractivity contribution in [2.24, 2.45) is 10.4 Å². The van der Waals surface area contributed by atoms with Gasteiger partial charge >= 0.3 is 0 Å². The molecule has 0 radical (unpaired) electrons. The molecule has 0 unspecified atom stereocenters. The smallest absolute Gasteiger partial charge is 0.124 e. The fraction of sp³-hybridized carbons (Fsp3) is 0.267. The first-order chi connectivity index (χ1) is 16.1. The quantitative estimate of drug-likeness (QED) is 0.273. The van der Waals surface area contributed by atoms with Crippen LogP contribution in [-0.2, 0) is 6.42 Å². The second kappa shape index (κ2) is 12.5. The van der Waals surface area contributed by atoms with Gasteiger partial charge in [0.25, 0.3) is 0 Å². The Labute approximate surface area is 205 Å². The molecule has 0 fully saturated rings. The van der Waals surface area contributed by atoms with E-state index in [1.807, 2.05) is 49.5 Å². The summed E-state index contributed by atoms with van der Waals surface area (Å²) in [5.41, 5.74) is 6.82. The van der Waals surface area contributed by atoms with Crippen LogP contribution in [0, 0.1) is 5.41 Å². The third kappa shape index (κ3) is 8.70. The van der Waals surface area contributed by atoms with Gasteiger partial charge in [0.1, 0.15) is 5.84 Å². The normalized spacial score (nSPS) is 11.8. The number of aromatic nitrogens is 1. The van der Waals surface area contributed by atoms with Crippen LogP contribution in [0.4, 0.5) is 5.69 Å². The number of aliphatic imine (C=N–C) groups is 1. The number of pyridine rings is 1. The van der Waals surface area contributed by atoms with Crippen LogP contribution in [-0.4, -0.2) is 17.4 Å². The maximum Gasteiger partial charge on any atom is 0.124 e. The van der Waals surface area contributed by atoms with Gasteiger partial charge in [0.15, 0.2) is 0 Å². The second-order valence-electron chi connectivity index (χ2n) is 9.39. The van der Waals surface area contributed by atoms with Gasteiger partial charge in [-0.1, -0.05) is 71.4 Å². The van der Waals surface area contributed by atoms with Gasteiger partial charge in [0, 0.05) is 47.4 Å². The molecule has 2 rings (SSSR count). The first-order valence-corrected chi connectivity index (χ1v) is 11.6. The number of benzene rings is 1. The second-order valence-corrected chi connectivity index (χ2v) is 9.39. The molecular weight excluding hydrogens is 416 g/mol. The van der Waals surface area contributed by atoms with Gasteiger partial charge in [0.05, 0.1) is 5.69 Å². The van der Waals surface area contributed by atoms with E-state index >= 15 is 0 Å². The Hall–Kier alpha value is -3.66. The molecule has 0 saturated heterocycles. The Kier molecular flexibility index (Phi) is 9.81. The first-order valence-electron chi connectivity index (χ1n) is 11.6. The fourth-order valence-corrected chi connectivity index (χ4v) is 3.21. The van der Waals surface area contributed by atoms with Crippen LogP contribution in [0.5, 0.6) is 0 Å². The van der Waals surface area contributed by atoms with Crippen molar-refractivity contribution in [2.75, 3.05) is 11.9 Å². The van der Waals surface area contributed by atoms with Gasteiger partial charge in [-0.15, -0.1) is 0 Å². The summed E-state index contributed by atoms with van der Waals surface area (Å²) in [6.45, 7) is 25.5. The van der Waals surface area contributed by atoms with Crippen LogP contribution in [0.1, 0.15) is 56.5 Å². The molecule has 1 aromatic carbocycles. The van der Waals surface area contributed by atoms with Gasteiger partial charge in [-0.2, -0.15) is 0 Å². The predicted molar refractivity (Wildman–Crippen MR) is 151 cm³/mol. The number of hydrogen-bond donors (Lipinski definition) is 2. The average Bonchev–Trinajstić information content (AvgIpc) is 2.79. The molecule has 0 saturated carbocycles. The van der Waals surface area contributed by atoms with Crippen molar-refractivity contribution >= 4 is 29.4 Å². The Bertz CT molecular complexity index is 1080. The van der Waals surface area contributed by atoms with Gasteiger partial charge in [0.2, 0.25) is 0 Å². The van der Waals surface area contributed by atoms with Crippen molar-refractivity contribution in [3.63, 3.8) is 0 Å². The third-order valence-electron chi connectivity index (χ3n) is 5.15. The average molecular weight is 455 g/mol. The lowest BCUT2D eigenvalue weighted by molar-refractivity contribution is 0.385. The maximum atomic E-state index is 4.60. The van der Waals surface area contributed by atoms with E-state index in [1.165, 1.54) is 0 Å². The van der Waals surface area contributed by atoms with E-state index in [2.05, 4.69) is 79.8 Å². The number of rotatable bonds is 11. The van der Waals surface area contributed by atoms with Crippen molar-refractivity contribution in [2.45, 2.75) is 40.5 Å². The summed E-state index contributed by atoms with van der Waals surface area (Å²) >= 11 is 0. The van der Waals surface area contributed by atoms with Crippen molar-refractivity contribution in [1.82, 2.24) is 10.3 Å². The maximum absolute atomic E-state index is 4.60. The molecule has 0 aliphatic carbocycles. The van der Waals surface area contributed by atoms with E-state index in [1.54, 1.807) is 6.08 Å². The Balaban J connectivity index is 1.96. The zero-order valence-electron chi connectivity index (χ0n) is 21.1. The minimum absolute atomic E-state index is 0.258. The highest BCUT2D eigenvalue weighted by Gasteiger charge is 2.09. The fourth-order valence-electron chi connectivity index (χ4n) is 3.21. The lowest BCUT2D eigenvalue weighted by Gasteiger charge is -2.16. The lowest BCUT2D eigenvalue weighted by atomic mass is 9.92. The van der Waals surface area contributed by atoms with Crippen molar-refractivity contribution in [1.29, 1.82) is 0 Å². The molecule has 4 heteroatoms. The third-order valence-corrected chi connectivity index (χ3v) is 5.15. The monoisotopic (exact) mass is 454 g/mol. The molecule has 0 atom stereocenters. The molecule has 0 aliphatic rings. The predicted octanol–water partition coefficient (Wildman–Crippen LogP) is 7.51. The van der Waals surface area contributed by atoms with Gasteiger partial charge < -0.3 is 10.6 Å². The molecule has 0 spiro atoms. The van der Waals surface area contributed by atoms with E-state index in [4.69, 9.17) is 0 Å². The standard InChI is InChI=1S/C30H38N4/c1-9-12-28-25(10-2)20-26(21-32-28)23(5)34-27-15-13-24(14-16-27)19-22(4)33-29(11-3)31-18-17-30(6,7)8/h9-16,20-21,34H,2-5,17-19H2,1,6-8H3,(H,31,33)/b12-9-. The minimum Gasteiger partial charge on any atom is -0.355 e. The van der Waals surface area contributed by atoms with Crippen molar-refractivity contribution in [3.8, 4) is 0 Å². The number of amidine groups is 1. The highest BCUT2D eigenvalue weighted by atomic mass is 15.0. The molecule has 1 heterocycles. The largest absolute Gasteiger partial charge is 0.355 e. The van der Waals surface area contributed by atoms with Crippen LogP contribution in [0.15, 0.2) is 85.7 Å². The summed E-state index contributed by atoms with van der Waals surface area (Å²) in [5.74, 6) is 0.761. The SMILES string of the molecule is C=CC(=NCCC(C)(C)C)NC(=C)Cc1ccc(NC(=C)c2cnc(/C=C\C)c(C=C)c2)cc1. The summed E-state index contributed by atoms with van der Waals surface area (Å²) in [6.07, 6.45) is 11.0. The number of hydrogen-bond acceptors (Lipinski definition) is 3. The first kappa shape index (κ1) is 26.6. The molecule has 0 amide bonds. The van der Waals surface area contributed by atoms with Crippen LogP contribution >= 0.6 is 0 Å². The van der Waals surface area contributed by atoms with E-state index in [9.17, 15) is 0 Å². The summed E-state index contributed by atoms with van der Waals surface area (Å²) < 4.78 is 0. The summed E-state index contributed by atoms with van der Waals surface area (Å²) in [4.78, 5) is 9.12. The van der Waals surface area contributed by atoms with Gasteiger partial charge in [-0.25, -0.2) is 0 Å². The molecule has 0 bridgehead atoms. The van der Waals surface area contributed by atoms with E-state index in [-0.39, 0.29) is 5.41 Å². The van der Waals surface area contributed by atoms with Gasteiger partial charge in [-0.3, -0.25) is 9.98 Å². The molecule has 2 aromatic rings. The van der Waals surface area contributed by atoms with E-state index in [0.29, 0.717) is 6.42 Å². The lowest BCUT2D eigenvalue weighted by Crippen LogP contribution is -2.22. The van der Waals surface area contributed by atoms with Gasteiger partial charge in [-0.05, 0) is 54.7 Å². The van der Waals surface area contributed by atoms with Crippen molar-refractivity contribution in [3.05, 3.63) is 103 Å². The number of allylic oxidation sites excluding steroid dienone is 2. The Morgan fingerprint density at radius 1 is 1.12 bits per heavy atom. The summed E-state index contributed by atoms with van der Waals surface area (Å²) in [6, 6.07) is 10.3. The molecule has 0 aliphatic heterocycles. The number of nitrogens with zero attached hydrogens (tertiary/aromatic N) is 2. The van der Waals surface area contributed by atoms with Crippen LogP contribution in [0.25, 0.3) is 17.8 Å². The molecule has 178 valence electrons. The minimum atomic E-state index is 0.258. The molecule has 2 N–H and O–H groups in total. The zero-order chi connectivity index (χ0) is 25.1. The summed E-state index contributed by atoms with van der Waals surface area (Å²) in [5, 5.41) is 6.64. The number of anilines is 1. The molecule has 34 heavy (non-hydrogen) atoms. The summed E-state index contributed by atoms with van der Waals surface area (Å²) in [7, 11) is 0. The highest BCUT2D eigenvalue weighted by Crippen LogP contribution is 2.21. The van der Waals surface area contributed by atoms with Crippen molar-refractivity contribution < 1.29 is 0 Å².